The number of hydrogen-bond acceptors (Lipinski definition) is 3. The van der Waals surface area contributed by atoms with E-state index in [1.54, 1.807) is 14.2 Å². The first-order valence-electron chi connectivity index (χ1n) is 5.79. The van der Waals surface area contributed by atoms with Gasteiger partial charge in [0.1, 0.15) is 5.75 Å². The third kappa shape index (κ3) is 3.86. The Hall–Kier alpha value is -1.35. The molecule has 0 saturated carbocycles. The Bertz CT molecular complexity index is 385. The smallest absolute Gasteiger partial charge is 0.166 e. The van der Waals surface area contributed by atoms with E-state index >= 15 is 0 Å². The van der Waals surface area contributed by atoms with Gasteiger partial charge in [0, 0.05) is 13.5 Å². The van der Waals surface area contributed by atoms with Gasteiger partial charge in [0.25, 0.3) is 0 Å². The van der Waals surface area contributed by atoms with Crippen LogP contribution < -0.4 is 4.74 Å². The van der Waals surface area contributed by atoms with E-state index < -0.39 is 0 Å². The standard InChI is InChI=1S/C14H20O3/c1-10-5-8-14(17-4)12(9-10)13(15)7-6-11(2)16-3/h5,8-9,11H,6-7H2,1-4H3. The number of hydrogen-bond donors (Lipinski definition) is 0. The van der Waals surface area contributed by atoms with Crippen LogP contribution >= 0.6 is 0 Å². The van der Waals surface area contributed by atoms with Gasteiger partial charge in [0.15, 0.2) is 5.78 Å². The zero-order valence-electron chi connectivity index (χ0n) is 10.9. The Morgan fingerprint density at radius 1 is 1.35 bits per heavy atom. The SMILES string of the molecule is COc1ccc(C)cc1C(=O)CCC(C)OC. The molecule has 0 aromatic heterocycles. The fourth-order valence-electron chi connectivity index (χ4n) is 1.63. The summed E-state index contributed by atoms with van der Waals surface area (Å²) in [4.78, 5) is 12.1. The number of benzene rings is 1. The Balaban J connectivity index is 2.77. The van der Waals surface area contributed by atoms with E-state index in [0.29, 0.717) is 17.7 Å². The van der Waals surface area contributed by atoms with Gasteiger partial charge in [-0.25, -0.2) is 0 Å². The molecule has 1 unspecified atom stereocenters. The van der Waals surface area contributed by atoms with Crippen LogP contribution in [0, 0.1) is 6.92 Å². The van der Waals surface area contributed by atoms with Crippen LogP contribution in [0.15, 0.2) is 18.2 Å². The molecule has 0 radical (unpaired) electrons. The lowest BCUT2D eigenvalue weighted by Gasteiger charge is -2.11. The van der Waals surface area contributed by atoms with Gasteiger partial charge in [-0.15, -0.1) is 0 Å². The van der Waals surface area contributed by atoms with Crippen molar-refractivity contribution in [1.29, 1.82) is 0 Å². The second-order valence-corrected chi connectivity index (χ2v) is 4.21. The van der Waals surface area contributed by atoms with Gasteiger partial charge in [-0.3, -0.25) is 4.79 Å². The summed E-state index contributed by atoms with van der Waals surface area (Å²) in [6.45, 7) is 3.93. The summed E-state index contributed by atoms with van der Waals surface area (Å²) in [5.74, 6) is 0.750. The summed E-state index contributed by atoms with van der Waals surface area (Å²) in [7, 11) is 3.24. The van der Waals surface area contributed by atoms with Crippen LogP contribution in [0.5, 0.6) is 5.75 Å². The van der Waals surface area contributed by atoms with E-state index in [9.17, 15) is 4.79 Å². The average molecular weight is 236 g/mol. The summed E-state index contributed by atoms with van der Waals surface area (Å²) >= 11 is 0. The first-order chi connectivity index (χ1) is 8.08. The van der Waals surface area contributed by atoms with Gasteiger partial charge in [-0.2, -0.15) is 0 Å². The van der Waals surface area contributed by atoms with Crippen molar-refractivity contribution in [3.05, 3.63) is 29.3 Å². The van der Waals surface area contributed by atoms with Crippen LogP contribution in [0.4, 0.5) is 0 Å². The van der Waals surface area contributed by atoms with Crippen molar-refractivity contribution in [2.45, 2.75) is 32.8 Å². The highest BCUT2D eigenvalue weighted by Gasteiger charge is 2.13. The highest BCUT2D eigenvalue weighted by Crippen LogP contribution is 2.22. The second-order valence-electron chi connectivity index (χ2n) is 4.21. The van der Waals surface area contributed by atoms with E-state index in [2.05, 4.69) is 0 Å². The predicted octanol–water partition coefficient (Wildman–Crippen LogP) is 3.00. The third-order valence-corrected chi connectivity index (χ3v) is 2.84. The molecule has 1 aromatic rings. The lowest BCUT2D eigenvalue weighted by atomic mass is 10.0. The summed E-state index contributed by atoms with van der Waals surface area (Å²) in [5, 5.41) is 0. The molecule has 3 heteroatoms. The second kappa shape index (κ2) is 6.40. The van der Waals surface area contributed by atoms with Crippen LogP contribution in [0.25, 0.3) is 0 Å². The van der Waals surface area contributed by atoms with Gasteiger partial charge < -0.3 is 9.47 Å². The molecule has 0 bridgehead atoms. The fourth-order valence-corrected chi connectivity index (χ4v) is 1.63. The summed E-state index contributed by atoms with van der Waals surface area (Å²) in [6, 6.07) is 5.65. The molecule has 1 atom stereocenters. The first-order valence-corrected chi connectivity index (χ1v) is 5.79. The Labute approximate surface area is 103 Å². The normalized spacial score (nSPS) is 12.2. The van der Waals surface area contributed by atoms with Crippen LogP contribution in [0.1, 0.15) is 35.7 Å². The molecular formula is C14H20O3. The minimum atomic E-state index is 0.106. The lowest BCUT2D eigenvalue weighted by Crippen LogP contribution is -2.09. The van der Waals surface area contributed by atoms with Gasteiger partial charge in [-0.05, 0) is 32.4 Å². The number of ketones is 1. The highest BCUT2D eigenvalue weighted by atomic mass is 16.5. The molecule has 0 amide bonds. The average Bonchev–Trinajstić information content (AvgIpc) is 2.35. The van der Waals surface area contributed by atoms with E-state index in [0.717, 1.165) is 12.0 Å². The van der Waals surface area contributed by atoms with Crippen molar-refractivity contribution >= 4 is 5.78 Å². The van der Waals surface area contributed by atoms with Crippen molar-refractivity contribution in [1.82, 2.24) is 0 Å². The molecule has 0 spiro atoms. The fraction of sp³-hybridized carbons (Fsp3) is 0.500. The van der Waals surface area contributed by atoms with Crippen LogP contribution in [-0.2, 0) is 4.74 Å². The molecular weight excluding hydrogens is 216 g/mol. The van der Waals surface area contributed by atoms with Crippen LogP contribution in [0.3, 0.4) is 0 Å². The van der Waals surface area contributed by atoms with Crippen molar-refractivity contribution in [3.8, 4) is 5.75 Å². The molecule has 0 fully saturated rings. The largest absolute Gasteiger partial charge is 0.496 e. The molecule has 0 aliphatic carbocycles. The van der Waals surface area contributed by atoms with Crippen LogP contribution in [0.2, 0.25) is 0 Å². The van der Waals surface area contributed by atoms with E-state index in [1.807, 2.05) is 32.0 Å². The first kappa shape index (κ1) is 13.7. The zero-order chi connectivity index (χ0) is 12.8. The number of carbonyl (C=O) groups excluding carboxylic acids is 1. The number of Topliss-reactive ketones (excluding diaryl/α,β-unsaturated/α-hetero) is 1. The van der Waals surface area contributed by atoms with Gasteiger partial charge >= 0.3 is 0 Å². The topological polar surface area (TPSA) is 35.5 Å². The molecule has 0 N–H and O–H groups in total. The minimum absolute atomic E-state index is 0.106. The predicted molar refractivity (Wildman–Crippen MR) is 67.8 cm³/mol. The number of carbonyl (C=O) groups is 1. The molecule has 17 heavy (non-hydrogen) atoms. The summed E-state index contributed by atoms with van der Waals surface area (Å²) in [5.41, 5.74) is 1.73. The van der Waals surface area contributed by atoms with Gasteiger partial charge in [-0.1, -0.05) is 11.6 Å². The Morgan fingerprint density at radius 2 is 2.06 bits per heavy atom. The van der Waals surface area contributed by atoms with Gasteiger partial charge in [0.2, 0.25) is 0 Å². The van der Waals surface area contributed by atoms with E-state index in [1.165, 1.54) is 0 Å². The summed E-state index contributed by atoms with van der Waals surface area (Å²) < 4.78 is 10.3. The quantitative estimate of drug-likeness (QED) is 0.712. The Morgan fingerprint density at radius 3 is 2.65 bits per heavy atom. The number of methoxy groups -OCH3 is 2. The van der Waals surface area contributed by atoms with Crippen LogP contribution in [-0.4, -0.2) is 26.1 Å². The van der Waals surface area contributed by atoms with Crippen molar-refractivity contribution < 1.29 is 14.3 Å². The molecule has 0 aliphatic rings. The Kier molecular flexibility index (Phi) is 5.16. The maximum Gasteiger partial charge on any atom is 0.166 e. The maximum absolute atomic E-state index is 12.1. The zero-order valence-corrected chi connectivity index (χ0v) is 10.9. The van der Waals surface area contributed by atoms with E-state index in [-0.39, 0.29) is 11.9 Å². The monoisotopic (exact) mass is 236 g/mol. The lowest BCUT2D eigenvalue weighted by molar-refractivity contribution is 0.0875. The minimum Gasteiger partial charge on any atom is -0.496 e. The molecule has 0 heterocycles. The van der Waals surface area contributed by atoms with Crippen molar-refractivity contribution in [2.24, 2.45) is 0 Å². The number of ether oxygens (including phenoxy) is 2. The molecule has 3 nitrogen and oxygen atoms in total. The molecule has 94 valence electrons. The number of rotatable bonds is 6. The molecule has 0 saturated heterocycles. The van der Waals surface area contributed by atoms with Crippen molar-refractivity contribution in [2.75, 3.05) is 14.2 Å². The molecule has 0 aliphatic heterocycles. The summed E-state index contributed by atoms with van der Waals surface area (Å²) in [6.07, 6.45) is 1.32. The highest BCUT2D eigenvalue weighted by molar-refractivity contribution is 5.98. The van der Waals surface area contributed by atoms with E-state index in [4.69, 9.17) is 9.47 Å². The van der Waals surface area contributed by atoms with Crippen molar-refractivity contribution in [3.63, 3.8) is 0 Å². The molecule has 1 aromatic carbocycles. The third-order valence-electron chi connectivity index (χ3n) is 2.84. The molecule has 1 rings (SSSR count). The number of aryl methyl sites for hydroxylation is 1. The van der Waals surface area contributed by atoms with Gasteiger partial charge in [0.05, 0.1) is 18.8 Å². The maximum atomic E-state index is 12.1.